The van der Waals surface area contributed by atoms with Gasteiger partial charge in [0.1, 0.15) is 10.6 Å². The normalized spacial score (nSPS) is 10.5. The Bertz CT molecular complexity index is 930. The Labute approximate surface area is 159 Å². The highest BCUT2D eigenvalue weighted by atomic mass is 35.5. The lowest BCUT2D eigenvalue weighted by Gasteiger charge is -2.18. The molecule has 0 aliphatic rings. The van der Waals surface area contributed by atoms with Crippen LogP contribution in [0.3, 0.4) is 0 Å². The minimum absolute atomic E-state index is 0.0236. The van der Waals surface area contributed by atoms with E-state index >= 15 is 0 Å². The highest BCUT2D eigenvalue weighted by molar-refractivity contribution is 6.31. The second-order valence-electron chi connectivity index (χ2n) is 6.09. The first-order chi connectivity index (χ1) is 12.4. The van der Waals surface area contributed by atoms with Gasteiger partial charge in [-0.25, -0.2) is 0 Å². The third kappa shape index (κ3) is 3.54. The van der Waals surface area contributed by atoms with Crippen LogP contribution in [0.25, 0.3) is 0 Å². The number of anilines is 1. The smallest absolute Gasteiger partial charge is 0.261 e. The van der Waals surface area contributed by atoms with Crippen molar-refractivity contribution in [1.29, 1.82) is 0 Å². The van der Waals surface area contributed by atoms with Gasteiger partial charge in [0.05, 0.1) is 6.54 Å². The van der Waals surface area contributed by atoms with Crippen LogP contribution in [0.15, 0.2) is 23.0 Å². The fourth-order valence-electron chi connectivity index (χ4n) is 3.12. The highest BCUT2D eigenvalue weighted by Crippen LogP contribution is 2.24. The number of hydrogen-bond donors (Lipinski definition) is 1. The third-order valence-electron chi connectivity index (χ3n) is 4.63. The van der Waals surface area contributed by atoms with Gasteiger partial charge in [0.2, 0.25) is 5.43 Å². The van der Waals surface area contributed by atoms with Gasteiger partial charge >= 0.3 is 0 Å². The molecule has 1 N–H and O–H groups in total. The van der Waals surface area contributed by atoms with Crippen molar-refractivity contribution in [2.45, 2.75) is 47.1 Å². The van der Waals surface area contributed by atoms with Gasteiger partial charge in [-0.3, -0.25) is 9.59 Å². The fourth-order valence-corrected chi connectivity index (χ4v) is 3.31. The lowest BCUT2D eigenvalue weighted by Crippen LogP contribution is -2.28. The number of aryl methyl sites for hydroxylation is 2. The van der Waals surface area contributed by atoms with Crippen LogP contribution in [0.5, 0.6) is 0 Å². The molecule has 0 saturated carbocycles. The van der Waals surface area contributed by atoms with E-state index in [1.165, 1.54) is 0 Å². The molecule has 0 unspecified atom stereocenters. The second kappa shape index (κ2) is 8.25. The van der Waals surface area contributed by atoms with Gasteiger partial charge in [-0.1, -0.05) is 49.6 Å². The van der Waals surface area contributed by atoms with Gasteiger partial charge in [0, 0.05) is 17.1 Å². The Morgan fingerprint density at radius 1 is 1.19 bits per heavy atom. The number of amides is 1. The number of carbonyl (C=O) groups is 1. The number of aromatic nitrogens is 1. The first-order valence-corrected chi connectivity index (χ1v) is 9.00. The molecule has 1 heterocycles. The number of nitrogens with zero attached hydrogens (tertiary/aromatic N) is 1. The summed E-state index contributed by atoms with van der Waals surface area (Å²) in [4.78, 5) is 25.6. The molecule has 1 amide bonds. The molecule has 1 aromatic heterocycles. The van der Waals surface area contributed by atoms with Crippen LogP contribution in [0.4, 0.5) is 5.69 Å². The maximum atomic E-state index is 13.0. The van der Waals surface area contributed by atoms with Gasteiger partial charge in [0.25, 0.3) is 5.91 Å². The molecule has 0 atom stereocenters. The molecular formula is C21H23ClN2O2. The molecule has 0 aliphatic heterocycles. The van der Waals surface area contributed by atoms with Crippen molar-refractivity contribution >= 4 is 23.2 Å². The zero-order valence-electron chi connectivity index (χ0n) is 15.6. The number of benzene rings is 1. The maximum Gasteiger partial charge on any atom is 0.261 e. The van der Waals surface area contributed by atoms with Crippen molar-refractivity contribution in [3.05, 3.63) is 61.5 Å². The molecular weight excluding hydrogens is 348 g/mol. The molecule has 0 spiro atoms. The Balaban J connectivity index is 2.60. The molecule has 0 bridgehead atoms. The largest absolute Gasteiger partial charge is 0.335 e. The standard InChI is InChI=1S/C21H23ClN2O2/c1-6-12-24-13(4)17(20(25)18(22)14(24)5)21(26)23-19-15(7-2)10-9-11-16(19)8-3/h1,9-11H,7-8,12H2,2-5H3,(H,23,26). The highest BCUT2D eigenvalue weighted by Gasteiger charge is 2.22. The molecule has 0 radical (unpaired) electrons. The molecule has 2 rings (SSSR count). The lowest BCUT2D eigenvalue weighted by molar-refractivity contribution is 0.102. The van der Waals surface area contributed by atoms with Crippen LogP contribution < -0.4 is 10.7 Å². The van der Waals surface area contributed by atoms with Gasteiger partial charge in [-0.15, -0.1) is 6.42 Å². The molecule has 26 heavy (non-hydrogen) atoms. The summed E-state index contributed by atoms with van der Waals surface area (Å²) in [6.45, 7) is 7.72. The zero-order chi connectivity index (χ0) is 19.4. The number of pyridine rings is 1. The number of nitrogens with one attached hydrogen (secondary N) is 1. The Kier molecular flexibility index (Phi) is 6.28. The third-order valence-corrected chi connectivity index (χ3v) is 5.07. The number of rotatable bonds is 5. The maximum absolute atomic E-state index is 13.0. The Morgan fingerprint density at radius 3 is 2.27 bits per heavy atom. The van der Waals surface area contributed by atoms with Crippen molar-refractivity contribution < 1.29 is 4.79 Å². The van der Waals surface area contributed by atoms with Crippen LogP contribution in [0.2, 0.25) is 5.02 Å². The topological polar surface area (TPSA) is 51.1 Å². The van der Waals surface area contributed by atoms with Crippen molar-refractivity contribution in [3.8, 4) is 12.3 Å². The number of halogens is 1. The van der Waals surface area contributed by atoms with Gasteiger partial charge in [-0.05, 0) is 37.8 Å². The van der Waals surface area contributed by atoms with Crippen molar-refractivity contribution in [3.63, 3.8) is 0 Å². The summed E-state index contributed by atoms with van der Waals surface area (Å²) in [5.41, 5.74) is 3.45. The predicted octanol–water partition coefficient (Wildman–Crippen LogP) is 4.13. The summed E-state index contributed by atoms with van der Waals surface area (Å²) in [6, 6.07) is 5.92. The summed E-state index contributed by atoms with van der Waals surface area (Å²) in [6.07, 6.45) is 6.97. The minimum atomic E-state index is -0.473. The van der Waals surface area contributed by atoms with Gasteiger partial charge in [-0.2, -0.15) is 0 Å². The summed E-state index contributed by atoms with van der Waals surface area (Å²) in [5, 5.41) is 2.96. The van der Waals surface area contributed by atoms with E-state index in [1.54, 1.807) is 18.4 Å². The van der Waals surface area contributed by atoms with E-state index < -0.39 is 11.3 Å². The zero-order valence-corrected chi connectivity index (χ0v) is 16.3. The molecule has 1 aromatic carbocycles. The van der Waals surface area contributed by atoms with E-state index in [9.17, 15) is 9.59 Å². The van der Waals surface area contributed by atoms with Gasteiger partial charge < -0.3 is 9.88 Å². The summed E-state index contributed by atoms with van der Waals surface area (Å²) in [5.74, 6) is 2.07. The average Bonchev–Trinajstić information content (AvgIpc) is 2.63. The number of hydrogen-bond acceptors (Lipinski definition) is 2. The molecule has 136 valence electrons. The van der Waals surface area contributed by atoms with E-state index in [2.05, 4.69) is 11.2 Å². The SMILES string of the molecule is C#CCn1c(C)c(Cl)c(=O)c(C(=O)Nc2c(CC)cccc2CC)c1C. The van der Waals surface area contributed by atoms with E-state index in [0.717, 1.165) is 29.7 Å². The first-order valence-electron chi connectivity index (χ1n) is 8.62. The lowest BCUT2D eigenvalue weighted by atomic mass is 10.0. The molecule has 2 aromatic rings. The van der Waals surface area contributed by atoms with Crippen LogP contribution in [-0.4, -0.2) is 10.5 Å². The van der Waals surface area contributed by atoms with Crippen molar-refractivity contribution in [2.75, 3.05) is 5.32 Å². The molecule has 0 saturated heterocycles. The summed E-state index contributed by atoms with van der Waals surface area (Å²) < 4.78 is 1.71. The van der Waals surface area contributed by atoms with Crippen LogP contribution >= 0.6 is 11.6 Å². The summed E-state index contributed by atoms with van der Waals surface area (Å²) >= 11 is 6.18. The fraction of sp³-hybridized carbons (Fsp3) is 0.333. The van der Waals surface area contributed by atoms with Crippen LogP contribution in [0.1, 0.15) is 46.7 Å². The van der Waals surface area contributed by atoms with Crippen molar-refractivity contribution in [2.24, 2.45) is 0 Å². The molecule has 5 heteroatoms. The van der Waals surface area contributed by atoms with E-state index in [-0.39, 0.29) is 17.1 Å². The van der Waals surface area contributed by atoms with E-state index in [1.807, 2.05) is 32.0 Å². The minimum Gasteiger partial charge on any atom is -0.335 e. The average molecular weight is 371 g/mol. The monoisotopic (exact) mass is 370 g/mol. The molecule has 0 aliphatic carbocycles. The number of terminal acetylenes is 1. The molecule has 0 fully saturated rings. The van der Waals surface area contributed by atoms with Crippen LogP contribution in [0, 0.1) is 26.2 Å². The van der Waals surface area contributed by atoms with E-state index in [0.29, 0.717) is 11.4 Å². The summed E-state index contributed by atoms with van der Waals surface area (Å²) in [7, 11) is 0. The number of carbonyl (C=O) groups excluding carboxylic acids is 1. The van der Waals surface area contributed by atoms with Crippen LogP contribution in [-0.2, 0) is 19.4 Å². The Morgan fingerprint density at radius 2 is 1.77 bits per heavy atom. The van der Waals surface area contributed by atoms with Crippen molar-refractivity contribution in [1.82, 2.24) is 4.57 Å². The molecule has 4 nitrogen and oxygen atoms in total. The quantitative estimate of drug-likeness (QED) is 0.804. The second-order valence-corrected chi connectivity index (χ2v) is 6.47. The predicted molar refractivity (Wildman–Crippen MR) is 107 cm³/mol. The Hall–Kier alpha value is -2.51. The van der Waals surface area contributed by atoms with Gasteiger partial charge in [0.15, 0.2) is 0 Å². The first kappa shape index (κ1) is 19.8. The number of para-hydroxylation sites is 1. The van der Waals surface area contributed by atoms with E-state index in [4.69, 9.17) is 18.0 Å².